The first-order valence-electron chi connectivity index (χ1n) is 11.2. The minimum absolute atomic E-state index is 0.140. The van der Waals surface area contributed by atoms with Gasteiger partial charge in [-0.2, -0.15) is 4.98 Å². The molecule has 0 spiro atoms. The fourth-order valence-corrected chi connectivity index (χ4v) is 4.07. The Hall–Kier alpha value is -2.69. The number of hydrogen-bond donors (Lipinski definition) is 2. The lowest BCUT2D eigenvalue weighted by Crippen LogP contribution is -2.47. The smallest absolute Gasteiger partial charge is 0.246 e. The molecule has 178 valence electrons. The van der Waals surface area contributed by atoms with Crippen molar-refractivity contribution in [3.63, 3.8) is 0 Å². The van der Waals surface area contributed by atoms with Crippen molar-refractivity contribution in [3.8, 4) is 5.69 Å². The summed E-state index contributed by atoms with van der Waals surface area (Å²) in [5.74, 6) is -1.29. The molecule has 1 aliphatic carbocycles. The Bertz CT molecular complexity index is 1000. The van der Waals surface area contributed by atoms with Crippen LogP contribution >= 0.6 is 0 Å². The van der Waals surface area contributed by atoms with Gasteiger partial charge in [0, 0.05) is 32.2 Å². The lowest BCUT2D eigenvalue weighted by molar-refractivity contribution is -0.0292. The zero-order chi connectivity index (χ0) is 23.4. The second-order valence-electron chi connectivity index (χ2n) is 8.36. The standard InChI is InChI=1S/C23H29F3N6O/c1-3-19-13-31(6-7-33-19)5-4-27-20-8-15(2)9-21(22(20)26)29-23-28-14-32(30-23)18-11-16(24)10-17(25)12-18/h8-12,14,19-20,22,27H,3-7,13H2,1-2H3,(H,29,30). The number of nitrogens with one attached hydrogen (secondary N) is 2. The van der Waals surface area contributed by atoms with E-state index in [4.69, 9.17) is 4.74 Å². The predicted octanol–water partition coefficient (Wildman–Crippen LogP) is 3.21. The molecule has 33 heavy (non-hydrogen) atoms. The van der Waals surface area contributed by atoms with E-state index in [2.05, 4.69) is 32.5 Å². The fraction of sp³-hybridized carbons (Fsp3) is 0.478. The van der Waals surface area contributed by atoms with E-state index >= 15 is 4.39 Å². The highest BCUT2D eigenvalue weighted by atomic mass is 19.1. The van der Waals surface area contributed by atoms with Gasteiger partial charge in [0.15, 0.2) is 6.17 Å². The molecular formula is C23H29F3N6O. The molecule has 1 aromatic carbocycles. The summed E-state index contributed by atoms with van der Waals surface area (Å²) in [6.45, 7) is 7.99. The van der Waals surface area contributed by atoms with E-state index in [0.29, 0.717) is 12.2 Å². The van der Waals surface area contributed by atoms with Gasteiger partial charge >= 0.3 is 0 Å². The van der Waals surface area contributed by atoms with Crippen LogP contribution in [0.1, 0.15) is 20.3 Å². The van der Waals surface area contributed by atoms with Gasteiger partial charge in [0.05, 0.1) is 30.1 Å². The summed E-state index contributed by atoms with van der Waals surface area (Å²) >= 11 is 0. The van der Waals surface area contributed by atoms with E-state index in [-0.39, 0.29) is 17.7 Å². The summed E-state index contributed by atoms with van der Waals surface area (Å²) in [6.07, 6.45) is 4.82. The second kappa shape index (κ2) is 10.5. The average Bonchev–Trinajstić information content (AvgIpc) is 3.25. The minimum Gasteiger partial charge on any atom is -0.376 e. The monoisotopic (exact) mass is 462 g/mol. The van der Waals surface area contributed by atoms with Gasteiger partial charge in [0.2, 0.25) is 5.95 Å². The summed E-state index contributed by atoms with van der Waals surface area (Å²) < 4.78 is 49.2. The number of alkyl halides is 1. The summed E-state index contributed by atoms with van der Waals surface area (Å²) in [5.41, 5.74) is 1.42. The maximum absolute atomic E-state index is 15.3. The molecule has 3 unspecified atom stereocenters. The van der Waals surface area contributed by atoms with Crippen molar-refractivity contribution >= 4 is 5.95 Å². The van der Waals surface area contributed by atoms with Crippen LogP contribution in [0.3, 0.4) is 0 Å². The van der Waals surface area contributed by atoms with E-state index in [0.717, 1.165) is 56.4 Å². The molecule has 4 rings (SSSR count). The van der Waals surface area contributed by atoms with Gasteiger partial charge in [0.1, 0.15) is 18.0 Å². The normalized spacial score (nSPS) is 23.8. The van der Waals surface area contributed by atoms with Crippen LogP contribution in [0.4, 0.5) is 19.1 Å². The lowest BCUT2D eigenvalue weighted by Gasteiger charge is -2.33. The highest BCUT2D eigenvalue weighted by Gasteiger charge is 2.27. The third-order valence-electron chi connectivity index (χ3n) is 5.78. The molecule has 0 saturated carbocycles. The number of aromatic nitrogens is 3. The lowest BCUT2D eigenvalue weighted by atomic mass is 9.98. The second-order valence-corrected chi connectivity index (χ2v) is 8.36. The summed E-state index contributed by atoms with van der Waals surface area (Å²) in [5, 5.41) is 10.4. The number of morpholine rings is 1. The highest BCUT2D eigenvalue weighted by molar-refractivity contribution is 5.44. The zero-order valence-electron chi connectivity index (χ0n) is 18.8. The summed E-state index contributed by atoms with van der Waals surface area (Å²) in [6, 6.07) is 2.58. The first-order valence-corrected chi connectivity index (χ1v) is 11.2. The number of halogens is 3. The number of hydrogen-bond acceptors (Lipinski definition) is 6. The van der Waals surface area contributed by atoms with E-state index in [9.17, 15) is 8.78 Å². The van der Waals surface area contributed by atoms with Crippen LogP contribution in [0.2, 0.25) is 0 Å². The number of nitrogens with zero attached hydrogens (tertiary/aromatic N) is 4. The molecule has 7 nitrogen and oxygen atoms in total. The highest BCUT2D eigenvalue weighted by Crippen LogP contribution is 2.23. The molecule has 0 bridgehead atoms. The molecule has 2 N–H and O–H groups in total. The van der Waals surface area contributed by atoms with Gasteiger partial charge in [-0.05, 0) is 31.6 Å². The average molecular weight is 463 g/mol. The SMILES string of the molecule is CCC1CN(CCNC2C=C(C)C=C(Nc3ncn(-c4cc(F)cc(F)c4)n3)C2F)CCO1. The van der Waals surface area contributed by atoms with E-state index < -0.39 is 23.8 Å². The van der Waals surface area contributed by atoms with Crippen LogP contribution in [0.25, 0.3) is 5.69 Å². The molecule has 10 heteroatoms. The van der Waals surface area contributed by atoms with Crippen LogP contribution in [-0.4, -0.2) is 70.8 Å². The molecular weight excluding hydrogens is 433 g/mol. The van der Waals surface area contributed by atoms with Gasteiger partial charge in [-0.15, -0.1) is 5.10 Å². The fourth-order valence-electron chi connectivity index (χ4n) is 4.07. The van der Waals surface area contributed by atoms with Crippen molar-refractivity contribution in [2.45, 2.75) is 38.6 Å². The van der Waals surface area contributed by atoms with Crippen LogP contribution in [0.5, 0.6) is 0 Å². The van der Waals surface area contributed by atoms with Gasteiger partial charge in [-0.3, -0.25) is 4.90 Å². The van der Waals surface area contributed by atoms with Gasteiger partial charge in [-0.25, -0.2) is 17.9 Å². The van der Waals surface area contributed by atoms with Gasteiger partial charge < -0.3 is 15.4 Å². The molecule has 0 amide bonds. The first kappa shape index (κ1) is 23.5. The Kier molecular flexibility index (Phi) is 7.46. The van der Waals surface area contributed by atoms with Gasteiger partial charge in [0.25, 0.3) is 0 Å². The van der Waals surface area contributed by atoms with Crippen molar-refractivity contribution in [2.24, 2.45) is 0 Å². The molecule has 1 aromatic heterocycles. The Labute approximate surface area is 191 Å². The summed E-state index contributed by atoms with van der Waals surface area (Å²) in [7, 11) is 0. The minimum atomic E-state index is -1.32. The molecule has 3 atom stereocenters. The molecule has 0 radical (unpaired) electrons. The quantitative estimate of drug-likeness (QED) is 0.628. The van der Waals surface area contributed by atoms with Crippen molar-refractivity contribution in [1.82, 2.24) is 25.0 Å². The Morgan fingerprint density at radius 3 is 2.76 bits per heavy atom. The number of benzene rings is 1. The van der Waals surface area contributed by atoms with E-state index in [1.165, 1.54) is 11.0 Å². The van der Waals surface area contributed by atoms with Crippen molar-refractivity contribution in [3.05, 3.63) is 59.6 Å². The maximum Gasteiger partial charge on any atom is 0.246 e. The third kappa shape index (κ3) is 6.01. The van der Waals surface area contributed by atoms with Crippen LogP contribution in [0.15, 0.2) is 47.9 Å². The van der Waals surface area contributed by atoms with Crippen molar-refractivity contribution < 1.29 is 17.9 Å². The number of rotatable bonds is 8. The number of anilines is 1. The van der Waals surface area contributed by atoms with Crippen molar-refractivity contribution in [2.75, 3.05) is 38.1 Å². The maximum atomic E-state index is 15.3. The Balaban J connectivity index is 1.35. The predicted molar refractivity (Wildman–Crippen MR) is 120 cm³/mol. The van der Waals surface area contributed by atoms with Gasteiger partial charge in [-0.1, -0.05) is 18.6 Å². The number of allylic oxidation sites excluding steroid dienone is 2. The van der Waals surface area contributed by atoms with Crippen LogP contribution < -0.4 is 10.6 Å². The molecule has 1 aliphatic heterocycles. The molecule has 1 saturated heterocycles. The largest absolute Gasteiger partial charge is 0.376 e. The number of ether oxygens (including phenoxy) is 1. The third-order valence-corrected chi connectivity index (χ3v) is 5.78. The summed E-state index contributed by atoms with van der Waals surface area (Å²) in [4.78, 5) is 6.43. The topological polar surface area (TPSA) is 67.2 Å². The Morgan fingerprint density at radius 1 is 1.21 bits per heavy atom. The molecule has 2 aliphatic rings. The zero-order valence-corrected chi connectivity index (χ0v) is 18.8. The first-order chi connectivity index (χ1) is 15.9. The Morgan fingerprint density at radius 2 is 2.00 bits per heavy atom. The molecule has 1 fully saturated rings. The van der Waals surface area contributed by atoms with Crippen molar-refractivity contribution in [1.29, 1.82) is 0 Å². The van der Waals surface area contributed by atoms with Crippen LogP contribution in [0, 0.1) is 11.6 Å². The molecule has 2 aromatic rings. The van der Waals surface area contributed by atoms with E-state index in [1.54, 1.807) is 6.08 Å². The molecule has 2 heterocycles. The van der Waals surface area contributed by atoms with Crippen LogP contribution in [-0.2, 0) is 4.74 Å². The van der Waals surface area contributed by atoms with E-state index in [1.807, 2.05) is 13.0 Å².